The van der Waals surface area contributed by atoms with Crippen molar-refractivity contribution in [1.29, 1.82) is 0 Å². The Hall–Kier alpha value is -4.26. The Kier molecular flexibility index (Phi) is 5.67. The van der Waals surface area contributed by atoms with E-state index < -0.39 is 6.36 Å². The molecule has 1 atom stereocenters. The van der Waals surface area contributed by atoms with E-state index in [-0.39, 0.29) is 5.56 Å². The van der Waals surface area contributed by atoms with E-state index in [9.17, 15) is 9.18 Å². The third-order valence-corrected chi connectivity index (χ3v) is 5.44. The van der Waals surface area contributed by atoms with Gasteiger partial charge in [-0.05, 0) is 55.0 Å². The molecule has 7 heteroatoms. The molecular weight excluding hydrogens is 433 g/mol. The van der Waals surface area contributed by atoms with Crippen molar-refractivity contribution in [2.45, 2.75) is 20.2 Å². The zero-order valence-corrected chi connectivity index (χ0v) is 18.7. The summed E-state index contributed by atoms with van der Waals surface area (Å²) >= 11 is 0. The molecule has 0 spiro atoms. The van der Waals surface area contributed by atoms with E-state index >= 15 is 0 Å². The van der Waals surface area contributed by atoms with E-state index in [0.29, 0.717) is 40.6 Å². The van der Waals surface area contributed by atoms with Crippen LogP contribution in [0.2, 0.25) is 0 Å². The predicted octanol–water partition coefficient (Wildman–Crippen LogP) is 5.69. The van der Waals surface area contributed by atoms with Gasteiger partial charge in [0.25, 0.3) is 5.56 Å². The Bertz CT molecular complexity index is 1550. The first kappa shape index (κ1) is 21.6. The van der Waals surface area contributed by atoms with Crippen molar-refractivity contribution >= 4 is 21.8 Å². The summed E-state index contributed by atoms with van der Waals surface area (Å²) in [6.07, 6.45) is 2.09. The number of aromatic nitrogens is 3. The molecule has 0 radical (unpaired) electrons. The molecule has 170 valence electrons. The van der Waals surface area contributed by atoms with E-state index in [1.54, 1.807) is 47.3 Å². The van der Waals surface area contributed by atoms with Crippen molar-refractivity contribution in [3.05, 3.63) is 89.5 Å². The van der Waals surface area contributed by atoms with Crippen molar-refractivity contribution in [3.8, 4) is 28.4 Å². The van der Waals surface area contributed by atoms with Crippen LogP contribution < -0.4 is 15.0 Å². The molecule has 6 nitrogen and oxygen atoms in total. The lowest BCUT2D eigenvalue weighted by atomic mass is 10.0. The molecule has 5 aromatic rings. The second-order valence-electron chi connectivity index (χ2n) is 7.77. The highest BCUT2D eigenvalue weighted by molar-refractivity contribution is 5.93. The third-order valence-electron chi connectivity index (χ3n) is 5.44. The molecule has 0 N–H and O–H groups in total. The Morgan fingerprint density at radius 3 is 2.62 bits per heavy atom. The SMILES string of the molecule is CCOc1ccc2cn(-c3ccc4ncccc4c3)c(=O)c(-c3ccc(O[C@H](C)F)cc3)c2n1. The van der Waals surface area contributed by atoms with Crippen LogP contribution in [0.3, 0.4) is 0 Å². The van der Waals surface area contributed by atoms with Crippen LogP contribution in [0, 0.1) is 0 Å². The van der Waals surface area contributed by atoms with Gasteiger partial charge in [0.1, 0.15) is 5.75 Å². The number of pyridine rings is 3. The monoisotopic (exact) mass is 455 g/mol. The highest BCUT2D eigenvalue weighted by Crippen LogP contribution is 2.29. The molecule has 0 aliphatic heterocycles. The normalized spacial score (nSPS) is 12.1. The fourth-order valence-corrected chi connectivity index (χ4v) is 3.96. The second kappa shape index (κ2) is 8.94. The Labute approximate surface area is 195 Å². The van der Waals surface area contributed by atoms with Crippen LogP contribution in [0.5, 0.6) is 11.6 Å². The summed E-state index contributed by atoms with van der Waals surface area (Å²) in [7, 11) is 0. The number of fused-ring (bicyclic) bond motifs is 2. The van der Waals surface area contributed by atoms with Crippen molar-refractivity contribution in [2.75, 3.05) is 6.61 Å². The molecule has 3 aromatic heterocycles. The van der Waals surface area contributed by atoms with Gasteiger partial charge < -0.3 is 9.47 Å². The highest BCUT2D eigenvalue weighted by Gasteiger charge is 2.16. The van der Waals surface area contributed by atoms with Crippen molar-refractivity contribution < 1.29 is 13.9 Å². The van der Waals surface area contributed by atoms with Gasteiger partial charge in [0.2, 0.25) is 12.2 Å². The van der Waals surface area contributed by atoms with Gasteiger partial charge in [-0.15, -0.1) is 0 Å². The molecule has 5 rings (SSSR count). The Balaban J connectivity index is 1.74. The fourth-order valence-electron chi connectivity index (χ4n) is 3.96. The van der Waals surface area contributed by atoms with Crippen LogP contribution in [0.1, 0.15) is 13.8 Å². The first-order valence-electron chi connectivity index (χ1n) is 11.0. The van der Waals surface area contributed by atoms with E-state index in [4.69, 9.17) is 9.47 Å². The smallest absolute Gasteiger partial charge is 0.265 e. The second-order valence-corrected chi connectivity index (χ2v) is 7.77. The maximum Gasteiger partial charge on any atom is 0.265 e. The zero-order chi connectivity index (χ0) is 23.7. The summed E-state index contributed by atoms with van der Waals surface area (Å²) in [4.78, 5) is 22.8. The van der Waals surface area contributed by atoms with Gasteiger partial charge in [0, 0.05) is 41.8 Å². The first-order chi connectivity index (χ1) is 16.5. The summed E-state index contributed by atoms with van der Waals surface area (Å²) in [5, 5.41) is 1.71. The van der Waals surface area contributed by atoms with Crippen molar-refractivity contribution in [2.24, 2.45) is 0 Å². The van der Waals surface area contributed by atoms with Gasteiger partial charge in [0.15, 0.2) is 0 Å². The quantitative estimate of drug-likeness (QED) is 0.329. The standard InChI is InChI=1S/C27H22FN3O3/c1-3-33-24-13-8-20-16-31(21-9-12-23-19(15-21)5-4-14-29-23)27(32)25(26(20)30-24)18-6-10-22(11-7-18)34-17(2)28/h4-17H,3H2,1-2H3/t17-/m1/s1. The lowest BCUT2D eigenvalue weighted by Crippen LogP contribution is -2.20. The number of hydrogen-bond acceptors (Lipinski definition) is 5. The number of ether oxygens (including phenoxy) is 2. The molecule has 3 heterocycles. The van der Waals surface area contributed by atoms with Crippen molar-refractivity contribution in [3.63, 3.8) is 0 Å². The number of halogens is 1. The molecule has 0 amide bonds. The number of hydrogen-bond donors (Lipinski definition) is 0. The van der Waals surface area contributed by atoms with Gasteiger partial charge in [-0.1, -0.05) is 18.2 Å². The summed E-state index contributed by atoms with van der Waals surface area (Å²) < 4.78 is 25.6. The number of rotatable bonds is 6. The third kappa shape index (κ3) is 4.08. The number of benzene rings is 2. The van der Waals surface area contributed by atoms with Crippen LogP contribution in [0.4, 0.5) is 4.39 Å². The number of alkyl halides is 1. The van der Waals surface area contributed by atoms with Crippen LogP contribution in [-0.4, -0.2) is 27.5 Å². The average Bonchev–Trinajstić information content (AvgIpc) is 2.84. The Morgan fingerprint density at radius 1 is 1.03 bits per heavy atom. The van der Waals surface area contributed by atoms with Gasteiger partial charge in [-0.2, -0.15) is 0 Å². The largest absolute Gasteiger partial charge is 0.478 e. The van der Waals surface area contributed by atoms with Crippen LogP contribution in [0.15, 0.2) is 83.9 Å². The van der Waals surface area contributed by atoms with E-state index in [0.717, 1.165) is 16.3 Å². The zero-order valence-electron chi connectivity index (χ0n) is 18.7. The van der Waals surface area contributed by atoms with Gasteiger partial charge >= 0.3 is 0 Å². The Morgan fingerprint density at radius 2 is 1.85 bits per heavy atom. The molecule has 34 heavy (non-hydrogen) atoms. The van der Waals surface area contributed by atoms with Gasteiger partial charge in [0.05, 0.1) is 23.2 Å². The van der Waals surface area contributed by atoms with Crippen LogP contribution >= 0.6 is 0 Å². The van der Waals surface area contributed by atoms with E-state index in [1.165, 1.54) is 6.92 Å². The molecule has 0 fully saturated rings. The predicted molar refractivity (Wildman–Crippen MR) is 130 cm³/mol. The highest BCUT2D eigenvalue weighted by atomic mass is 19.1. The first-order valence-corrected chi connectivity index (χ1v) is 11.0. The van der Waals surface area contributed by atoms with E-state index in [2.05, 4.69) is 9.97 Å². The van der Waals surface area contributed by atoms with E-state index in [1.807, 2.05) is 43.3 Å². The number of nitrogens with zero attached hydrogens (tertiary/aromatic N) is 3. The molecular formula is C27H22FN3O3. The average molecular weight is 455 g/mol. The van der Waals surface area contributed by atoms with Crippen molar-refractivity contribution in [1.82, 2.24) is 14.5 Å². The molecule has 0 saturated carbocycles. The van der Waals surface area contributed by atoms with Crippen LogP contribution in [-0.2, 0) is 0 Å². The minimum Gasteiger partial charge on any atom is -0.478 e. The summed E-state index contributed by atoms with van der Waals surface area (Å²) in [6, 6.07) is 19.9. The summed E-state index contributed by atoms with van der Waals surface area (Å²) in [6.45, 7) is 3.66. The molecule has 0 aliphatic rings. The lowest BCUT2D eigenvalue weighted by Gasteiger charge is -2.14. The van der Waals surface area contributed by atoms with Gasteiger partial charge in [-0.25, -0.2) is 9.37 Å². The topological polar surface area (TPSA) is 66.2 Å². The van der Waals surface area contributed by atoms with Gasteiger partial charge in [-0.3, -0.25) is 14.3 Å². The molecule has 0 unspecified atom stereocenters. The lowest BCUT2D eigenvalue weighted by molar-refractivity contribution is 0.0861. The van der Waals surface area contributed by atoms with Crippen LogP contribution in [0.25, 0.3) is 38.6 Å². The minimum atomic E-state index is -1.43. The summed E-state index contributed by atoms with van der Waals surface area (Å²) in [5.41, 5.74) is 2.93. The molecule has 0 bridgehead atoms. The summed E-state index contributed by atoms with van der Waals surface area (Å²) in [5.74, 6) is 0.820. The maximum absolute atomic E-state index is 13.8. The molecule has 2 aromatic carbocycles. The molecule has 0 aliphatic carbocycles. The fraction of sp³-hybridized carbons (Fsp3) is 0.148. The maximum atomic E-state index is 13.8. The minimum absolute atomic E-state index is 0.232. The molecule has 0 saturated heterocycles.